The highest BCUT2D eigenvalue weighted by atomic mass is 16.7. The third-order valence-electron chi connectivity index (χ3n) is 15.7. The second-order valence-corrected chi connectivity index (χ2v) is 18.5. The van der Waals surface area contributed by atoms with E-state index in [2.05, 4.69) is 6.92 Å². The third-order valence-corrected chi connectivity index (χ3v) is 15.7. The molecule has 14 heteroatoms. The molecule has 8 aliphatic rings. The summed E-state index contributed by atoms with van der Waals surface area (Å²) < 4.78 is 66.8. The molecule has 0 spiro atoms. The minimum Gasteiger partial charge on any atom is -0.458 e. The van der Waals surface area contributed by atoms with Gasteiger partial charge in [0, 0.05) is 30.7 Å². The molecule has 4 aliphatic heterocycles. The molecule has 0 bridgehead atoms. The van der Waals surface area contributed by atoms with Gasteiger partial charge in [0.15, 0.2) is 18.9 Å². The Morgan fingerprint density at radius 1 is 0.745 bits per heavy atom. The third kappa shape index (κ3) is 6.95. The van der Waals surface area contributed by atoms with Crippen molar-refractivity contribution in [3.05, 3.63) is 11.6 Å². The normalized spacial score (nSPS) is 57.4. The molecule has 4 saturated carbocycles. The molecule has 6 N–H and O–H groups in total. The lowest BCUT2D eigenvalue weighted by Crippen LogP contribution is -2.67. The Hall–Kier alpha value is -1.27. The lowest BCUT2D eigenvalue weighted by Gasteiger charge is -2.65. The predicted octanol–water partition coefficient (Wildman–Crippen LogP) is 2.22. The van der Waals surface area contributed by atoms with Gasteiger partial charge in [-0.3, -0.25) is 0 Å². The molecule has 0 aromatic rings. The van der Waals surface area contributed by atoms with Gasteiger partial charge in [-0.1, -0.05) is 13.8 Å². The first-order valence-electron chi connectivity index (χ1n) is 22.2. The van der Waals surface area contributed by atoms with Crippen molar-refractivity contribution in [2.24, 2.45) is 34.5 Å². The molecule has 4 aliphatic carbocycles. The van der Waals surface area contributed by atoms with Crippen LogP contribution in [-0.2, 0) is 38.0 Å². The molecular formula is C41H64O14. The van der Waals surface area contributed by atoms with E-state index in [1.165, 1.54) is 0 Å². The second-order valence-electron chi connectivity index (χ2n) is 18.5. The molecule has 0 amide bonds. The highest BCUT2D eigenvalue weighted by Gasteiger charge is 2.71. The smallest absolute Gasteiger partial charge is 0.331 e. The molecule has 0 aromatic carbocycles. The van der Waals surface area contributed by atoms with E-state index in [1.54, 1.807) is 13.8 Å². The van der Waals surface area contributed by atoms with Crippen molar-refractivity contribution in [2.45, 2.75) is 197 Å². The van der Waals surface area contributed by atoms with E-state index in [9.17, 15) is 35.4 Å². The van der Waals surface area contributed by atoms with Crippen LogP contribution in [0.15, 0.2) is 11.6 Å². The summed E-state index contributed by atoms with van der Waals surface area (Å²) in [4.78, 5) is 12.3. The number of aliphatic hydroxyl groups excluding tert-OH is 5. The van der Waals surface area contributed by atoms with Crippen LogP contribution in [-0.4, -0.2) is 135 Å². The number of aliphatic hydroxyl groups is 6. The fourth-order valence-electron chi connectivity index (χ4n) is 12.5. The number of ether oxygens (including phenoxy) is 7. The molecule has 7 fully saturated rings. The predicted molar refractivity (Wildman–Crippen MR) is 193 cm³/mol. The first kappa shape index (κ1) is 36.8. The van der Waals surface area contributed by atoms with Crippen molar-refractivity contribution in [3.63, 3.8) is 0 Å². The van der Waals surface area contributed by atoms with Gasteiger partial charge in [0.25, 0.3) is 0 Å². The number of fused-ring (bicyclic) bond motifs is 5. The molecule has 3 saturated heterocycles. The monoisotopic (exact) mass is 783 g/mol. The van der Waals surface area contributed by atoms with Gasteiger partial charge in [-0.25, -0.2) is 4.79 Å². The highest BCUT2D eigenvalue weighted by molar-refractivity contribution is 5.85. The summed E-state index contributed by atoms with van der Waals surface area (Å²) in [6, 6.07) is -0.505. The van der Waals surface area contributed by atoms with Crippen LogP contribution < -0.4 is 0 Å². The molecule has 0 aromatic heterocycles. The number of cyclic esters (lactones) is 1. The van der Waals surface area contributed by atoms with Crippen LogP contribution in [0.4, 0.5) is 0 Å². The van der Waals surface area contributed by atoms with E-state index in [0.717, 1.165) is 32.1 Å². The van der Waals surface area contributed by atoms with Crippen LogP contribution in [0.1, 0.15) is 109 Å². The van der Waals surface area contributed by atoms with Crippen LogP contribution in [0.2, 0.25) is 0 Å². The van der Waals surface area contributed by atoms with Crippen molar-refractivity contribution in [2.75, 3.05) is 6.56 Å². The standard InChI is InChI=1S/C41H64O14/c1-19-36(47)28(42)15-34(50-19)54-38-21(3)52-35(17-30(38)44)55-37-20(2)51-33(16-29(37)43)53-24-8-10-39(4)23(13-24)6-7-26-27(39)14-31(45)40(5)25(9-11-41(26,40)48)22-12-32(46)49-18-22/h12,19-21,23-31,33-38,42-45,47-48H,6-11,13-18H2,1-5H3/t19-,20-,21-,23-,24+,25-,26-,27+,28+,29+,30+,31-,33+,34-,35+,36-,37-,38-,39+,40+,41+/m1/s1/i12D,18D2. The van der Waals surface area contributed by atoms with Crippen molar-refractivity contribution in [1.29, 1.82) is 0 Å². The van der Waals surface area contributed by atoms with E-state index in [-0.39, 0.29) is 54.1 Å². The fraction of sp³-hybridized carbons (Fsp3) is 0.927. The van der Waals surface area contributed by atoms with Crippen molar-refractivity contribution in [1.82, 2.24) is 0 Å². The maximum Gasteiger partial charge on any atom is 0.331 e. The second kappa shape index (κ2) is 15.1. The first-order chi connectivity index (χ1) is 27.2. The molecule has 4 heterocycles. The molecule has 0 radical (unpaired) electrons. The van der Waals surface area contributed by atoms with E-state index in [4.69, 9.17) is 37.3 Å². The summed E-state index contributed by atoms with van der Waals surface area (Å²) in [6.07, 6.45) is -5.23. The van der Waals surface area contributed by atoms with Gasteiger partial charge >= 0.3 is 5.97 Å². The topological polar surface area (TPSA) is 203 Å². The van der Waals surface area contributed by atoms with Gasteiger partial charge < -0.3 is 63.8 Å². The lowest BCUT2D eigenvalue weighted by atomic mass is 9.42. The number of carbonyl (C=O) groups is 1. The number of esters is 1. The van der Waals surface area contributed by atoms with Crippen LogP contribution in [0.5, 0.6) is 0 Å². The fourth-order valence-corrected chi connectivity index (χ4v) is 12.5. The molecule has 8 rings (SSSR count). The zero-order valence-corrected chi connectivity index (χ0v) is 32.6. The van der Waals surface area contributed by atoms with Gasteiger partial charge in [-0.15, -0.1) is 0 Å². The summed E-state index contributed by atoms with van der Waals surface area (Å²) >= 11 is 0. The van der Waals surface area contributed by atoms with E-state index in [1.807, 2.05) is 13.8 Å². The maximum atomic E-state index is 12.6. The van der Waals surface area contributed by atoms with Crippen molar-refractivity contribution < 1.29 is 72.7 Å². The molecule has 14 nitrogen and oxygen atoms in total. The quantitative estimate of drug-likeness (QED) is 0.162. The summed E-state index contributed by atoms with van der Waals surface area (Å²) in [5.41, 5.74) is -2.69. The SMILES string of the molecule is [2H]C1=C([C@H]2CC[C@]3(O)[C@@H]4CC[C@@H]5C[C@@H](O[C@H]6C[C@H](O)[C@H](O[C@H]7C[C@H](O)[C@H](O[C@@H]8C[C@H](O)[C@H](O)[C@@H](C)O8)[C@@H](C)O7)[C@@H](C)O6)CC[C@]5(C)[C@H]4C[C@@H](O)[C@]23C)C([2H])([2H])OC1=O. The zero-order chi connectivity index (χ0) is 41.9. The lowest BCUT2D eigenvalue weighted by molar-refractivity contribution is -0.336. The number of hydrogen-bond acceptors (Lipinski definition) is 14. The van der Waals surface area contributed by atoms with Gasteiger partial charge in [-0.2, -0.15) is 0 Å². The summed E-state index contributed by atoms with van der Waals surface area (Å²) in [7, 11) is 0. The first-order valence-corrected chi connectivity index (χ1v) is 20.7. The number of rotatable bonds is 7. The van der Waals surface area contributed by atoms with Crippen LogP contribution in [0, 0.1) is 34.5 Å². The highest BCUT2D eigenvalue weighted by Crippen LogP contribution is 2.70. The molecule has 312 valence electrons. The average molecular weight is 784 g/mol. The number of carbonyl (C=O) groups excluding carboxylic acids is 1. The molecule has 0 unspecified atom stereocenters. The Labute approximate surface area is 328 Å². The van der Waals surface area contributed by atoms with E-state index in [0.29, 0.717) is 19.3 Å². The van der Waals surface area contributed by atoms with Crippen molar-refractivity contribution >= 4 is 5.97 Å². The van der Waals surface area contributed by atoms with Gasteiger partial charge in [0.2, 0.25) is 0 Å². The molecular weight excluding hydrogens is 716 g/mol. The van der Waals surface area contributed by atoms with E-state index >= 15 is 0 Å². The summed E-state index contributed by atoms with van der Waals surface area (Å²) in [6.45, 7) is 6.83. The summed E-state index contributed by atoms with van der Waals surface area (Å²) in [5, 5.41) is 67.1. The van der Waals surface area contributed by atoms with Crippen LogP contribution in [0.3, 0.4) is 0 Å². The largest absolute Gasteiger partial charge is 0.458 e. The summed E-state index contributed by atoms with van der Waals surface area (Å²) in [5.74, 6) is -1.57. The minimum atomic E-state index is -2.45. The maximum absolute atomic E-state index is 12.6. The van der Waals surface area contributed by atoms with Crippen molar-refractivity contribution in [3.8, 4) is 0 Å². The van der Waals surface area contributed by atoms with Crippen LogP contribution >= 0.6 is 0 Å². The number of hydrogen-bond donors (Lipinski definition) is 6. The van der Waals surface area contributed by atoms with Gasteiger partial charge in [0.1, 0.15) is 24.9 Å². The zero-order valence-electron chi connectivity index (χ0n) is 35.6. The Morgan fingerprint density at radius 3 is 1.93 bits per heavy atom. The van der Waals surface area contributed by atoms with Gasteiger partial charge in [0.05, 0.1) is 58.5 Å². The van der Waals surface area contributed by atoms with Crippen LogP contribution in [0.25, 0.3) is 0 Å². The molecule has 21 atom stereocenters. The molecule has 55 heavy (non-hydrogen) atoms. The Balaban J connectivity index is 0.852. The van der Waals surface area contributed by atoms with E-state index < -0.39 is 115 Å². The Bertz CT molecular complexity index is 1550. The van der Waals surface area contributed by atoms with Gasteiger partial charge in [-0.05, 0) is 107 Å². The Morgan fingerprint density at radius 2 is 1.35 bits per heavy atom. The minimum absolute atomic E-state index is 0.0173. The average Bonchev–Trinajstić information content (AvgIpc) is 3.53. The Kier molecular flexibility index (Phi) is 10.1.